The predicted molar refractivity (Wildman–Crippen MR) is 135 cm³/mol. The Bertz CT molecular complexity index is 1390. The number of anilines is 1. The highest BCUT2D eigenvalue weighted by Crippen LogP contribution is 2.38. The number of halogens is 1. The summed E-state index contributed by atoms with van der Waals surface area (Å²) in [5, 5.41) is 0. The van der Waals surface area contributed by atoms with Gasteiger partial charge >= 0.3 is 0 Å². The standard InChI is InChI=1S/C28H26FN5O/c29-24-11-2-1-10-22(24)19-7-3-6-18(14-19)17-34-13-5-12-25(34)26-23(16-32-28(31)33-26)20-8-4-9-21(15-20)27(30)35/h1-4,6-11,14-16,25H,5,12-13,17H2,(H2,30,35)(H2,31,32,33)/t25-/m0/s1. The van der Waals surface area contributed by atoms with Crippen molar-refractivity contribution in [3.63, 3.8) is 0 Å². The van der Waals surface area contributed by atoms with Crippen LogP contribution in [0.5, 0.6) is 0 Å². The van der Waals surface area contributed by atoms with E-state index in [0.29, 0.717) is 17.7 Å². The molecular formula is C28H26FN5O. The van der Waals surface area contributed by atoms with Gasteiger partial charge in [-0.25, -0.2) is 14.4 Å². The van der Waals surface area contributed by atoms with Gasteiger partial charge in [-0.3, -0.25) is 9.69 Å². The molecule has 7 heteroatoms. The third kappa shape index (κ3) is 4.76. The van der Waals surface area contributed by atoms with Gasteiger partial charge in [0.1, 0.15) is 5.82 Å². The summed E-state index contributed by atoms with van der Waals surface area (Å²) < 4.78 is 14.4. The molecular weight excluding hydrogens is 441 g/mol. The lowest BCUT2D eigenvalue weighted by Crippen LogP contribution is -2.24. The molecule has 0 spiro atoms. The first kappa shape index (κ1) is 22.7. The highest BCUT2D eigenvalue weighted by atomic mass is 19.1. The Morgan fingerprint density at radius 1 is 1.00 bits per heavy atom. The molecule has 0 radical (unpaired) electrons. The van der Waals surface area contributed by atoms with Gasteiger partial charge in [0.2, 0.25) is 11.9 Å². The lowest BCUT2D eigenvalue weighted by Gasteiger charge is -2.26. The van der Waals surface area contributed by atoms with Crippen molar-refractivity contribution in [1.82, 2.24) is 14.9 Å². The number of carbonyl (C=O) groups is 1. The third-order valence-corrected chi connectivity index (χ3v) is 6.47. The van der Waals surface area contributed by atoms with Gasteiger partial charge in [0.05, 0.1) is 11.7 Å². The monoisotopic (exact) mass is 467 g/mol. The van der Waals surface area contributed by atoms with Crippen LogP contribution in [-0.2, 0) is 6.54 Å². The van der Waals surface area contributed by atoms with Crippen LogP contribution in [0.3, 0.4) is 0 Å². The van der Waals surface area contributed by atoms with Crippen molar-refractivity contribution in [2.45, 2.75) is 25.4 Å². The second kappa shape index (κ2) is 9.64. The van der Waals surface area contributed by atoms with E-state index in [9.17, 15) is 9.18 Å². The number of hydrogen-bond acceptors (Lipinski definition) is 5. The summed E-state index contributed by atoms with van der Waals surface area (Å²) >= 11 is 0. The molecule has 1 aliphatic heterocycles. The number of nitrogens with zero attached hydrogens (tertiary/aromatic N) is 3. The van der Waals surface area contributed by atoms with Crippen molar-refractivity contribution >= 4 is 11.9 Å². The van der Waals surface area contributed by atoms with Gasteiger partial charge in [0, 0.05) is 29.4 Å². The topological polar surface area (TPSA) is 98.1 Å². The fourth-order valence-corrected chi connectivity index (χ4v) is 4.82. The number of amides is 1. The number of likely N-dealkylation sites (tertiary alicyclic amines) is 1. The van der Waals surface area contributed by atoms with E-state index in [4.69, 9.17) is 11.5 Å². The fourth-order valence-electron chi connectivity index (χ4n) is 4.82. The van der Waals surface area contributed by atoms with Crippen LogP contribution in [0.15, 0.2) is 79.0 Å². The van der Waals surface area contributed by atoms with Crippen molar-refractivity contribution < 1.29 is 9.18 Å². The molecule has 6 nitrogen and oxygen atoms in total. The number of aromatic nitrogens is 2. The summed E-state index contributed by atoms with van der Waals surface area (Å²) in [4.78, 5) is 22.9. The minimum atomic E-state index is -0.484. The van der Waals surface area contributed by atoms with Crippen molar-refractivity contribution in [1.29, 1.82) is 0 Å². The Balaban J connectivity index is 1.47. The van der Waals surface area contributed by atoms with E-state index in [1.807, 2.05) is 30.3 Å². The molecule has 5 rings (SSSR count). The maximum atomic E-state index is 14.4. The van der Waals surface area contributed by atoms with Gasteiger partial charge in [-0.15, -0.1) is 0 Å². The number of primary amides is 1. The van der Waals surface area contributed by atoms with Gasteiger partial charge in [0.15, 0.2) is 0 Å². The zero-order valence-corrected chi connectivity index (χ0v) is 19.2. The Hall–Kier alpha value is -4.10. The molecule has 1 aromatic heterocycles. The molecule has 1 amide bonds. The highest BCUT2D eigenvalue weighted by molar-refractivity contribution is 5.94. The number of carbonyl (C=O) groups excluding carboxylic acids is 1. The van der Waals surface area contributed by atoms with Gasteiger partial charge in [-0.05, 0) is 60.3 Å². The molecule has 0 saturated carbocycles. The molecule has 0 aliphatic carbocycles. The molecule has 1 saturated heterocycles. The number of rotatable bonds is 6. The maximum absolute atomic E-state index is 14.4. The molecule has 1 fully saturated rings. The Morgan fingerprint density at radius 3 is 2.57 bits per heavy atom. The maximum Gasteiger partial charge on any atom is 0.248 e. The normalized spacial score (nSPS) is 15.9. The van der Waals surface area contributed by atoms with E-state index in [-0.39, 0.29) is 17.8 Å². The Morgan fingerprint density at radius 2 is 1.77 bits per heavy atom. The van der Waals surface area contributed by atoms with E-state index >= 15 is 0 Å². The number of nitrogen functional groups attached to an aromatic ring is 1. The van der Waals surface area contributed by atoms with E-state index < -0.39 is 5.91 Å². The van der Waals surface area contributed by atoms with Crippen molar-refractivity contribution in [2.24, 2.45) is 5.73 Å². The lowest BCUT2D eigenvalue weighted by molar-refractivity contribution is 0.100. The van der Waals surface area contributed by atoms with Crippen LogP contribution in [0.1, 0.15) is 40.5 Å². The molecule has 0 bridgehead atoms. The first-order valence-electron chi connectivity index (χ1n) is 11.6. The van der Waals surface area contributed by atoms with E-state index in [1.54, 1.807) is 36.5 Å². The Labute approximate surface area is 203 Å². The number of hydrogen-bond donors (Lipinski definition) is 2. The SMILES string of the molecule is NC(=O)c1cccc(-c2cnc(N)nc2[C@@H]2CCCN2Cc2cccc(-c3ccccc3F)c2)c1. The molecule has 1 aliphatic rings. The smallest absolute Gasteiger partial charge is 0.248 e. The van der Waals surface area contributed by atoms with Gasteiger partial charge in [-0.2, -0.15) is 0 Å². The minimum absolute atomic E-state index is 0.0321. The van der Waals surface area contributed by atoms with Crippen LogP contribution >= 0.6 is 0 Å². The summed E-state index contributed by atoms with van der Waals surface area (Å²) in [7, 11) is 0. The molecule has 4 N–H and O–H groups in total. The first-order chi connectivity index (χ1) is 17.0. The van der Waals surface area contributed by atoms with E-state index in [1.165, 1.54) is 6.07 Å². The molecule has 1 atom stereocenters. The van der Waals surface area contributed by atoms with E-state index in [2.05, 4.69) is 20.9 Å². The highest BCUT2D eigenvalue weighted by Gasteiger charge is 2.30. The van der Waals surface area contributed by atoms with Crippen LogP contribution in [0.25, 0.3) is 22.3 Å². The second-order valence-electron chi connectivity index (χ2n) is 8.78. The van der Waals surface area contributed by atoms with E-state index in [0.717, 1.165) is 47.3 Å². The molecule has 3 aromatic carbocycles. The summed E-state index contributed by atoms with van der Waals surface area (Å²) in [6.07, 6.45) is 3.65. The van der Waals surface area contributed by atoms with Crippen LogP contribution in [0.4, 0.5) is 10.3 Å². The summed E-state index contributed by atoms with van der Waals surface area (Å²) in [6.45, 7) is 1.59. The van der Waals surface area contributed by atoms with Crippen LogP contribution < -0.4 is 11.5 Å². The van der Waals surface area contributed by atoms with Gasteiger partial charge < -0.3 is 11.5 Å². The van der Waals surface area contributed by atoms with Crippen LogP contribution in [-0.4, -0.2) is 27.3 Å². The predicted octanol–water partition coefficient (Wildman–Crippen LogP) is 4.97. The number of nitrogens with two attached hydrogens (primary N) is 2. The van der Waals surface area contributed by atoms with Crippen molar-refractivity contribution in [3.8, 4) is 22.3 Å². The Kier molecular flexibility index (Phi) is 6.25. The van der Waals surface area contributed by atoms with Crippen LogP contribution in [0.2, 0.25) is 0 Å². The molecule has 4 aromatic rings. The van der Waals surface area contributed by atoms with Crippen molar-refractivity contribution in [3.05, 3.63) is 102 Å². The lowest BCUT2D eigenvalue weighted by atomic mass is 9.97. The zero-order chi connectivity index (χ0) is 24.4. The molecule has 35 heavy (non-hydrogen) atoms. The largest absolute Gasteiger partial charge is 0.368 e. The molecule has 2 heterocycles. The van der Waals surface area contributed by atoms with Gasteiger partial charge in [-0.1, -0.05) is 48.5 Å². The van der Waals surface area contributed by atoms with Crippen molar-refractivity contribution in [2.75, 3.05) is 12.3 Å². The average molecular weight is 468 g/mol. The quantitative estimate of drug-likeness (QED) is 0.417. The third-order valence-electron chi connectivity index (χ3n) is 6.47. The fraction of sp³-hybridized carbons (Fsp3) is 0.179. The number of benzene rings is 3. The summed E-state index contributed by atoms with van der Waals surface area (Å²) in [5.41, 5.74) is 17.0. The summed E-state index contributed by atoms with van der Waals surface area (Å²) in [6, 6.07) is 22.0. The molecule has 176 valence electrons. The first-order valence-corrected chi connectivity index (χ1v) is 11.6. The van der Waals surface area contributed by atoms with Gasteiger partial charge in [0.25, 0.3) is 0 Å². The second-order valence-corrected chi connectivity index (χ2v) is 8.78. The summed E-state index contributed by atoms with van der Waals surface area (Å²) in [5.74, 6) is -0.506. The van der Waals surface area contributed by atoms with Crippen LogP contribution in [0, 0.1) is 5.82 Å². The zero-order valence-electron chi connectivity index (χ0n) is 19.2. The minimum Gasteiger partial charge on any atom is -0.368 e. The average Bonchev–Trinajstić information content (AvgIpc) is 3.32. The molecule has 0 unspecified atom stereocenters.